The zero-order valence-electron chi connectivity index (χ0n) is 15.3. The van der Waals surface area contributed by atoms with Gasteiger partial charge in [-0.1, -0.05) is 29.8 Å². The predicted octanol–water partition coefficient (Wildman–Crippen LogP) is 6.53. The minimum atomic E-state index is -0.297. The molecule has 0 aliphatic carbocycles. The van der Waals surface area contributed by atoms with Gasteiger partial charge in [-0.15, -0.1) is 0 Å². The van der Waals surface area contributed by atoms with Crippen molar-refractivity contribution in [2.45, 2.75) is 19.9 Å². The van der Waals surface area contributed by atoms with Crippen molar-refractivity contribution in [3.63, 3.8) is 0 Å². The molecule has 0 radical (unpaired) electrons. The van der Waals surface area contributed by atoms with Crippen LogP contribution in [0.25, 0.3) is 0 Å². The fraction of sp³-hybridized carbons (Fsp3) is 0.136. The fourth-order valence-corrected chi connectivity index (χ4v) is 2.99. The minimum absolute atomic E-state index is 0.297. The molecule has 0 aromatic heterocycles. The summed E-state index contributed by atoms with van der Waals surface area (Å²) in [5.74, 6) is 0. The van der Waals surface area contributed by atoms with E-state index in [-0.39, 0.29) is 6.03 Å². The van der Waals surface area contributed by atoms with Crippen LogP contribution in [-0.2, 0) is 0 Å². The molecule has 0 fully saturated rings. The lowest BCUT2D eigenvalue weighted by Gasteiger charge is -2.29. The number of para-hydroxylation sites is 1. The average molecular weight is 380 g/mol. The van der Waals surface area contributed by atoms with Crippen molar-refractivity contribution in [2.24, 2.45) is 0 Å². The number of anilines is 4. The number of hydrogen-bond donors (Lipinski definition) is 2. The number of nitrogens with one attached hydrogen (secondary N) is 2. The second-order valence-electron chi connectivity index (χ2n) is 6.43. The van der Waals surface area contributed by atoms with Gasteiger partial charge < -0.3 is 15.5 Å². The Morgan fingerprint density at radius 3 is 1.78 bits per heavy atom. The van der Waals surface area contributed by atoms with E-state index in [1.807, 2.05) is 42.5 Å². The monoisotopic (exact) mass is 379 g/mol. The molecule has 0 aliphatic heterocycles. The van der Waals surface area contributed by atoms with Crippen LogP contribution in [0.1, 0.15) is 13.8 Å². The van der Waals surface area contributed by atoms with Crippen LogP contribution in [0.5, 0.6) is 0 Å². The van der Waals surface area contributed by atoms with Crippen molar-refractivity contribution in [1.29, 1.82) is 0 Å². The van der Waals surface area contributed by atoms with Crippen LogP contribution in [0.4, 0.5) is 27.5 Å². The number of urea groups is 1. The molecule has 0 bridgehead atoms. The summed E-state index contributed by atoms with van der Waals surface area (Å²) in [4.78, 5) is 14.4. The zero-order valence-corrected chi connectivity index (χ0v) is 16.1. The summed E-state index contributed by atoms with van der Waals surface area (Å²) in [6.45, 7) is 4.30. The maximum absolute atomic E-state index is 12.1. The molecule has 138 valence electrons. The summed E-state index contributed by atoms with van der Waals surface area (Å²) in [6.07, 6.45) is 0. The van der Waals surface area contributed by atoms with Gasteiger partial charge in [-0.25, -0.2) is 4.79 Å². The fourth-order valence-electron chi connectivity index (χ4n) is 2.87. The van der Waals surface area contributed by atoms with Crippen molar-refractivity contribution in [3.8, 4) is 0 Å². The third-order valence-electron chi connectivity index (χ3n) is 4.06. The Morgan fingerprint density at radius 2 is 1.26 bits per heavy atom. The maximum atomic E-state index is 12.1. The molecule has 4 nitrogen and oxygen atoms in total. The summed E-state index contributed by atoms with van der Waals surface area (Å²) in [6, 6.07) is 25.0. The van der Waals surface area contributed by atoms with E-state index in [1.54, 1.807) is 24.3 Å². The summed E-state index contributed by atoms with van der Waals surface area (Å²) < 4.78 is 0. The molecule has 0 saturated heterocycles. The number of rotatable bonds is 5. The van der Waals surface area contributed by atoms with Gasteiger partial charge in [0, 0.05) is 33.8 Å². The molecule has 0 aliphatic rings. The topological polar surface area (TPSA) is 44.4 Å². The number of carbonyl (C=O) groups is 1. The van der Waals surface area contributed by atoms with Gasteiger partial charge in [-0.2, -0.15) is 0 Å². The molecule has 0 saturated carbocycles. The van der Waals surface area contributed by atoms with Gasteiger partial charge in [-0.05, 0) is 74.5 Å². The van der Waals surface area contributed by atoms with Gasteiger partial charge >= 0.3 is 6.03 Å². The van der Waals surface area contributed by atoms with Crippen LogP contribution >= 0.6 is 11.6 Å². The van der Waals surface area contributed by atoms with Gasteiger partial charge in [0.2, 0.25) is 0 Å². The maximum Gasteiger partial charge on any atom is 0.323 e. The summed E-state index contributed by atoms with van der Waals surface area (Å²) in [5, 5.41) is 6.25. The quantitative estimate of drug-likeness (QED) is 0.529. The first-order valence-electron chi connectivity index (χ1n) is 8.81. The number of hydrogen-bond acceptors (Lipinski definition) is 2. The van der Waals surface area contributed by atoms with Crippen LogP contribution in [0.15, 0.2) is 78.9 Å². The molecule has 0 atom stereocenters. The number of benzene rings is 3. The Morgan fingerprint density at radius 1 is 0.778 bits per heavy atom. The van der Waals surface area contributed by atoms with E-state index in [0.717, 1.165) is 17.1 Å². The number of amides is 2. The van der Waals surface area contributed by atoms with Gasteiger partial charge in [0.05, 0.1) is 0 Å². The van der Waals surface area contributed by atoms with E-state index >= 15 is 0 Å². The second-order valence-corrected chi connectivity index (χ2v) is 6.87. The summed E-state index contributed by atoms with van der Waals surface area (Å²) in [7, 11) is 0. The third-order valence-corrected chi connectivity index (χ3v) is 4.31. The van der Waals surface area contributed by atoms with Crippen LogP contribution in [-0.4, -0.2) is 12.1 Å². The first-order valence-corrected chi connectivity index (χ1v) is 9.18. The molecule has 2 N–H and O–H groups in total. The third kappa shape index (κ3) is 5.02. The molecular formula is C22H22ClN3O. The van der Waals surface area contributed by atoms with E-state index < -0.39 is 0 Å². The van der Waals surface area contributed by atoms with Crippen molar-refractivity contribution >= 4 is 40.4 Å². The van der Waals surface area contributed by atoms with Gasteiger partial charge in [0.1, 0.15) is 0 Å². The Labute approximate surface area is 164 Å². The SMILES string of the molecule is CC(C)N(c1ccccc1)c1ccc(NC(=O)Nc2ccc(Cl)cc2)cc1. The standard InChI is InChI=1S/C22H22ClN3O/c1-16(2)26(20-6-4-3-5-7-20)21-14-12-19(13-15-21)25-22(27)24-18-10-8-17(23)9-11-18/h3-16H,1-2H3,(H2,24,25,27). The predicted molar refractivity (Wildman–Crippen MR) is 114 cm³/mol. The van der Waals surface area contributed by atoms with E-state index in [4.69, 9.17) is 11.6 Å². The van der Waals surface area contributed by atoms with E-state index in [0.29, 0.717) is 16.8 Å². The van der Waals surface area contributed by atoms with Crippen LogP contribution in [0.3, 0.4) is 0 Å². The van der Waals surface area contributed by atoms with Gasteiger partial charge in [-0.3, -0.25) is 0 Å². The van der Waals surface area contributed by atoms with Crippen LogP contribution in [0.2, 0.25) is 5.02 Å². The lowest BCUT2D eigenvalue weighted by molar-refractivity contribution is 0.262. The van der Waals surface area contributed by atoms with Gasteiger partial charge in [0.15, 0.2) is 0 Å². The Kier molecular flexibility index (Phi) is 5.99. The number of nitrogens with zero attached hydrogens (tertiary/aromatic N) is 1. The number of carbonyl (C=O) groups excluding carboxylic acids is 1. The Bertz CT molecular complexity index is 878. The molecule has 3 aromatic rings. The highest BCUT2D eigenvalue weighted by atomic mass is 35.5. The van der Waals surface area contributed by atoms with E-state index in [9.17, 15) is 4.79 Å². The first-order chi connectivity index (χ1) is 13.0. The number of halogens is 1. The van der Waals surface area contributed by atoms with E-state index in [2.05, 4.69) is 41.5 Å². The molecule has 0 unspecified atom stereocenters. The molecule has 27 heavy (non-hydrogen) atoms. The smallest absolute Gasteiger partial charge is 0.323 e. The van der Waals surface area contributed by atoms with Crippen LogP contribution < -0.4 is 15.5 Å². The average Bonchev–Trinajstić information content (AvgIpc) is 2.66. The van der Waals surface area contributed by atoms with Crippen molar-refractivity contribution < 1.29 is 4.79 Å². The Hall–Kier alpha value is -2.98. The molecule has 0 heterocycles. The molecule has 0 spiro atoms. The summed E-state index contributed by atoms with van der Waals surface area (Å²) in [5.41, 5.74) is 3.61. The highest BCUT2D eigenvalue weighted by molar-refractivity contribution is 6.30. The molecule has 5 heteroatoms. The molecular weight excluding hydrogens is 358 g/mol. The highest BCUT2D eigenvalue weighted by Crippen LogP contribution is 2.28. The highest BCUT2D eigenvalue weighted by Gasteiger charge is 2.13. The van der Waals surface area contributed by atoms with Gasteiger partial charge in [0.25, 0.3) is 0 Å². The minimum Gasteiger partial charge on any atom is -0.339 e. The van der Waals surface area contributed by atoms with Crippen LogP contribution in [0, 0.1) is 0 Å². The van der Waals surface area contributed by atoms with Crippen molar-refractivity contribution in [2.75, 3.05) is 15.5 Å². The second kappa shape index (κ2) is 8.60. The molecule has 2 amide bonds. The zero-order chi connectivity index (χ0) is 19.2. The lowest BCUT2D eigenvalue weighted by Crippen LogP contribution is -2.25. The van der Waals surface area contributed by atoms with Crippen molar-refractivity contribution in [1.82, 2.24) is 0 Å². The first kappa shape index (κ1) is 18.8. The largest absolute Gasteiger partial charge is 0.339 e. The molecule has 3 aromatic carbocycles. The normalized spacial score (nSPS) is 10.5. The molecule has 3 rings (SSSR count). The lowest BCUT2D eigenvalue weighted by atomic mass is 10.2. The van der Waals surface area contributed by atoms with E-state index in [1.165, 1.54) is 0 Å². The summed E-state index contributed by atoms with van der Waals surface area (Å²) >= 11 is 5.85. The van der Waals surface area contributed by atoms with Crippen molar-refractivity contribution in [3.05, 3.63) is 83.9 Å². The Balaban J connectivity index is 1.69.